The molecule has 40 heavy (non-hydrogen) atoms. The first-order chi connectivity index (χ1) is 19.0. The van der Waals surface area contributed by atoms with Gasteiger partial charge in [-0.15, -0.1) is 11.3 Å². The van der Waals surface area contributed by atoms with Gasteiger partial charge in [0, 0.05) is 27.7 Å². The maximum atomic E-state index is 14.5. The van der Waals surface area contributed by atoms with Gasteiger partial charge >= 0.3 is 12.1 Å². The van der Waals surface area contributed by atoms with Gasteiger partial charge in [0.15, 0.2) is 0 Å². The molecule has 2 unspecified atom stereocenters. The lowest BCUT2D eigenvalue weighted by atomic mass is 10.0. The average molecular weight is 588 g/mol. The van der Waals surface area contributed by atoms with Crippen LogP contribution in [0.25, 0.3) is 27.0 Å². The minimum Gasteiger partial charge on any atom is -0.480 e. The number of fused-ring (bicyclic) bond motifs is 1. The number of aryl methyl sites for hydroxylation is 1. The van der Waals surface area contributed by atoms with Crippen molar-refractivity contribution in [3.8, 4) is 22.7 Å². The summed E-state index contributed by atoms with van der Waals surface area (Å²) in [7, 11) is 0. The molecule has 0 bridgehead atoms. The van der Waals surface area contributed by atoms with Crippen LogP contribution in [0.2, 0.25) is 5.02 Å². The normalized spacial score (nSPS) is 13.3. The summed E-state index contributed by atoms with van der Waals surface area (Å²) in [6.45, 7) is 1.73. The summed E-state index contributed by atoms with van der Waals surface area (Å²) >= 11 is 7.28. The molecule has 0 aliphatic carbocycles. The molecule has 13 heteroatoms. The monoisotopic (exact) mass is 587 g/mol. The minimum atomic E-state index is -4.80. The first-order valence-electron chi connectivity index (χ1n) is 11.9. The van der Waals surface area contributed by atoms with Crippen molar-refractivity contribution in [2.75, 3.05) is 0 Å². The lowest BCUT2D eigenvalue weighted by molar-refractivity contribution is -0.198. The third kappa shape index (κ3) is 5.64. The molecule has 5 aromatic rings. The van der Waals surface area contributed by atoms with Crippen LogP contribution in [0, 0.1) is 6.92 Å². The number of nitrogens with zero attached hydrogens (tertiary/aromatic N) is 4. The van der Waals surface area contributed by atoms with Crippen LogP contribution >= 0.6 is 22.9 Å². The number of nitrogens with two attached hydrogens (primary N) is 1. The van der Waals surface area contributed by atoms with E-state index < -0.39 is 24.3 Å². The van der Waals surface area contributed by atoms with Crippen LogP contribution in [0.15, 0.2) is 66.4 Å². The molecule has 0 aliphatic heterocycles. The van der Waals surface area contributed by atoms with Gasteiger partial charge in [-0.05, 0) is 42.7 Å². The molecule has 0 fully saturated rings. The van der Waals surface area contributed by atoms with E-state index in [1.54, 1.807) is 48.8 Å². The van der Waals surface area contributed by atoms with Crippen molar-refractivity contribution in [3.05, 3.63) is 88.3 Å². The predicted octanol–water partition coefficient (Wildman–Crippen LogP) is 6.14. The second-order valence-electron chi connectivity index (χ2n) is 9.00. The topological polar surface area (TPSA) is 116 Å². The Kier molecular flexibility index (Phi) is 7.49. The van der Waals surface area contributed by atoms with Crippen molar-refractivity contribution >= 4 is 39.1 Å². The summed E-state index contributed by atoms with van der Waals surface area (Å²) in [5, 5.41) is 15.3. The highest BCUT2D eigenvalue weighted by atomic mass is 35.5. The van der Waals surface area contributed by atoms with Crippen LogP contribution in [0.1, 0.15) is 22.9 Å². The zero-order valence-corrected chi connectivity index (χ0v) is 22.3. The lowest BCUT2D eigenvalue weighted by Gasteiger charge is -2.24. The molecule has 2 aromatic carbocycles. The molecule has 2 atom stereocenters. The highest BCUT2D eigenvalue weighted by Gasteiger charge is 2.45. The molecule has 0 aliphatic rings. The van der Waals surface area contributed by atoms with E-state index in [9.17, 15) is 18.0 Å². The molecule has 3 N–H and O–H groups in total. The fourth-order valence-corrected chi connectivity index (χ4v) is 5.31. The van der Waals surface area contributed by atoms with Crippen molar-refractivity contribution in [1.29, 1.82) is 0 Å². The molecular formula is C27H21ClF3N5O3S. The molecule has 3 aromatic heterocycles. The number of rotatable bonds is 8. The average Bonchev–Trinajstić information content (AvgIpc) is 3.54. The molecule has 206 valence electrons. The third-order valence-corrected chi connectivity index (χ3v) is 7.32. The van der Waals surface area contributed by atoms with Gasteiger partial charge in [-0.25, -0.2) is 14.6 Å². The number of thiophene rings is 1. The van der Waals surface area contributed by atoms with Gasteiger partial charge in [-0.3, -0.25) is 4.79 Å². The number of hydrogen-bond donors (Lipinski definition) is 2. The van der Waals surface area contributed by atoms with E-state index in [-0.39, 0.29) is 28.6 Å². The number of aromatic nitrogens is 4. The number of halogens is 4. The molecule has 5 rings (SSSR count). The first-order valence-corrected chi connectivity index (χ1v) is 13.1. The van der Waals surface area contributed by atoms with Crippen LogP contribution in [0.3, 0.4) is 0 Å². The van der Waals surface area contributed by atoms with Gasteiger partial charge in [0.25, 0.3) is 0 Å². The molecule has 3 heterocycles. The highest BCUT2D eigenvalue weighted by Crippen LogP contribution is 2.43. The summed E-state index contributed by atoms with van der Waals surface area (Å²) < 4.78 is 50.7. The number of hydrogen-bond acceptors (Lipinski definition) is 7. The van der Waals surface area contributed by atoms with Crippen molar-refractivity contribution in [3.63, 3.8) is 0 Å². The molecule has 0 radical (unpaired) electrons. The number of carboxylic acids is 1. The first kappa shape index (κ1) is 27.6. The van der Waals surface area contributed by atoms with Crippen molar-refractivity contribution in [2.45, 2.75) is 31.7 Å². The molecule has 0 amide bonds. The lowest BCUT2D eigenvalue weighted by Crippen LogP contribution is -2.32. The third-order valence-electron chi connectivity index (χ3n) is 6.13. The Morgan fingerprint density at radius 2 is 1.93 bits per heavy atom. The second kappa shape index (κ2) is 10.9. The molecule has 0 spiro atoms. The number of aliphatic carboxylic acids is 1. The Balaban J connectivity index is 1.51. The summed E-state index contributed by atoms with van der Waals surface area (Å²) in [4.78, 5) is 19.4. The maximum Gasteiger partial charge on any atom is 0.429 e. The molecular weight excluding hydrogens is 567 g/mol. The fraction of sp³-hybridized carbons (Fsp3) is 0.185. The maximum absolute atomic E-state index is 14.5. The highest BCUT2D eigenvalue weighted by molar-refractivity contribution is 7.18. The standard InChI is InChI=1S/C27H21ClF3N5O3S/c1-14-8-9-36(35-14)21-11-17(28)6-7-18(21)24(27(29,30)31)39-25-23-22(33-13-34-25)19(12-40-23)16-4-2-15(3-5-16)10-20(32)26(37)38/h2-9,11-13,20,24H,10,32H2,1H3,(H,37,38). The molecule has 0 saturated heterocycles. The summed E-state index contributed by atoms with van der Waals surface area (Å²) in [5.41, 5.74) is 8.75. The van der Waals surface area contributed by atoms with E-state index in [0.29, 0.717) is 21.5 Å². The second-order valence-corrected chi connectivity index (χ2v) is 10.3. The van der Waals surface area contributed by atoms with E-state index in [1.165, 1.54) is 22.9 Å². The van der Waals surface area contributed by atoms with E-state index in [1.807, 2.05) is 0 Å². The fourth-order valence-electron chi connectivity index (χ4n) is 4.18. The van der Waals surface area contributed by atoms with Gasteiger partial charge < -0.3 is 15.6 Å². The van der Waals surface area contributed by atoms with E-state index in [0.717, 1.165) is 28.8 Å². The molecule has 8 nitrogen and oxygen atoms in total. The van der Waals surface area contributed by atoms with Crippen LogP contribution < -0.4 is 10.5 Å². The van der Waals surface area contributed by atoms with Crippen LogP contribution in [0.4, 0.5) is 13.2 Å². The Bertz CT molecular complexity index is 1690. The molecule has 0 saturated carbocycles. The van der Waals surface area contributed by atoms with Crippen molar-refractivity contribution < 1.29 is 27.8 Å². The smallest absolute Gasteiger partial charge is 0.429 e. The van der Waals surface area contributed by atoms with Gasteiger partial charge in [-0.1, -0.05) is 41.9 Å². The van der Waals surface area contributed by atoms with Crippen LogP contribution in [-0.4, -0.2) is 43.0 Å². The van der Waals surface area contributed by atoms with Gasteiger partial charge in [0.05, 0.1) is 16.9 Å². The Hall–Kier alpha value is -4.00. The largest absolute Gasteiger partial charge is 0.480 e. The number of carbonyl (C=O) groups is 1. The number of benzene rings is 2. The number of alkyl halides is 3. The van der Waals surface area contributed by atoms with Gasteiger partial charge in [0.1, 0.15) is 17.1 Å². The summed E-state index contributed by atoms with van der Waals surface area (Å²) in [5.74, 6) is -1.31. The van der Waals surface area contributed by atoms with Gasteiger partial charge in [0.2, 0.25) is 12.0 Å². The van der Waals surface area contributed by atoms with Crippen LogP contribution in [0.5, 0.6) is 5.88 Å². The summed E-state index contributed by atoms with van der Waals surface area (Å²) in [6.07, 6.45) is -4.31. The predicted molar refractivity (Wildman–Crippen MR) is 145 cm³/mol. The Morgan fingerprint density at radius 3 is 2.58 bits per heavy atom. The number of carboxylic acid groups (broad SMARTS) is 1. The Morgan fingerprint density at radius 1 is 1.18 bits per heavy atom. The quantitative estimate of drug-likeness (QED) is 0.224. The summed E-state index contributed by atoms with van der Waals surface area (Å²) in [6, 6.07) is 11.7. The number of ether oxygens (including phenoxy) is 1. The SMILES string of the molecule is Cc1ccn(-c2cc(Cl)ccc2C(Oc2ncnc3c(-c4ccc(CC(N)C(=O)O)cc4)csc23)C(F)(F)F)n1. The van der Waals surface area contributed by atoms with Crippen molar-refractivity contribution in [2.24, 2.45) is 5.73 Å². The van der Waals surface area contributed by atoms with Crippen molar-refractivity contribution in [1.82, 2.24) is 19.7 Å². The van der Waals surface area contributed by atoms with E-state index >= 15 is 0 Å². The minimum absolute atomic E-state index is 0.128. The van der Waals surface area contributed by atoms with Gasteiger partial charge in [-0.2, -0.15) is 18.3 Å². The van der Waals surface area contributed by atoms with E-state index in [4.69, 9.17) is 27.2 Å². The zero-order valence-electron chi connectivity index (χ0n) is 20.8. The zero-order chi connectivity index (χ0) is 28.6. The van der Waals surface area contributed by atoms with Crippen LogP contribution in [-0.2, 0) is 11.2 Å². The Labute approximate surface area is 234 Å². The van der Waals surface area contributed by atoms with E-state index in [2.05, 4.69) is 15.1 Å².